The minimum atomic E-state index is -2.40. The minimum absolute atomic E-state index is 0.130. The molecule has 9 rings (SSSR count). The fourth-order valence-corrected chi connectivity index (χ4v) is 12.2. The van der Waals surface area contributed by atoms with Gasteiger partial charge in [-0.3, -0.25) is 0 Å². The molecule has 2 heterocycles. The molecule has 7 aliphatic carbocycles. The van der Waals surface area contributed by atoms with E-state index >= 15 is 0 Å². The molecule has 0 radical (unpaired) electrons. The highest BCUT2D eigenvalue weighted by Crippen LogP contribution is 2.52. The molecule has 460 valence electrons. The van der Waals surface area contributed by atoms with Gasteiger partial charge in [-0.05, 0) is 204 Å². The normalized spacial score (nSPS) is 23.9. The molecule has 0 amide bonds. The first-order valence-corrected chi connectivity index (χ1v) is 33.7. The smallest absolute Gasteiger partial charge is 0.253 e. The molecule has 0 spiro atoms. The van der Waals surface area contributed by atoms with Gasteiger partial charge in [-0.2, -0.15) is 11.8 Å². The van der Waals surface area contributed by atoms with Crippen LogP contribution in [0.25, 0.3) is 0 Å². The maximum absolute atomic E-state index is 13.2. The topological polar surface area (TPSA) is 9.23 Å². The molecular formula is C69H130F6OS. The lowest BCUT2D eigenvalue weighted by Gasteiger charge is -2.35. The molecule has 9 aliphatic rings. The number of allylic oxidation sites excluding steroid dienone is 2. The van der Waals surface area contributed by atoms with Crippen LogP contribution in [0.1, 0.15) is 286 Å². The van der Waals surface area contributed by atoms with Crippen molar-refractivity contribution in [1.29, 1.82) is 0 Å². The van der Waals surface area contributed by atoms with Crippen molar-refractivity contribution in [2.24, 2.45) is 94.2 Å². The number of ether oxygens (including phenoxy) is 1. The van der Waals surface area contributed by atoms with E-state index in [0.29, 0.717) is 24.2 Å². The third-order valence-corrected chi connectivity index (χ3v) is 18.1. The highest BCUT2D eigenvalue weighted by molar-refractivity contribution is 8.00. The maximum atomic E-state index is 13.2. The van der Waals surface area contributed by atoms with Gasteiger partial charge in [-0.15, -0.1) is 0 Å². The first-order valence-electron chi connectivity index (χ1n) is 32.5. The Bertz CT molecular complexity index is 1400. The van der Waals surface area contributed by atoms with Crippen molar-refractivity contribution >= 4 is 11.8 Å². The molecule has 2 atom stereocenters. The number of thioether (sulfide) groups is 1. The van der Waals surface area contributed by atoms with E-state index in [0.717, 1.165) is 136 Å². The second-order valence-electron chi connectivity index (χ2n) is 30.4. The fourth-order valence-electron chi connectivity index (χ4n) is 11.4. The Morgan fingerprint density at radius 1 is 0.494 bits per heavy atom. The Labute approximate surface area is 480 Å². The van der Waals surface area contributed by atoms with Crippen molar-refractivity contribution in [2.45, 2.75) is 309 Å². The Kier molecular flexibility index (Phi) is 35.9. The average Bonchev–Trinajstić information content (AvgIpc) is 4.15. The standard InChI is InChI=1S/C9H16.C8H14F2.C8H15F.2C8H16.C7H12F2.C7H13F.C7H14O.C7H14S/c1-8(2)7-9-5-3-4-6-9;1-6(2)8(9,10)7-4-3-5-7;1-7(2)6-8(9)4-3-5-8;1-7(2)6-8(3)4-5-8;1-7(2)6-8-4-3-5-8;1-5(2)3-6-4-7(6,8)9;1-6(2)5-7(8)3-4-7;2*1-6(2)3-7-4-8-5-7/h3,5,8-9H,4,6-7H2,1-2H3;6-7H,3-5H2,1-2H3;7H,3-6H2,1-2H3;7H,4-6H2,1-3H3;7-8H,3-6H2,1-2H3;5-6H,3-4H2,1-2H3;6H,3-5H2,1-2H3;2*6-7H,3-5H2,1-2H3. The first kappa shape index (κ1) is 74.6. The van der Waals surface area contributed by atoms with Gasteiger partial charge in [0.15, 0.2) is 0 Å². The van der Waals surface area contributed by atoms with Crippen molar-refractivity contribution in [3.05, 3.63) is 12.2 Å². The molecule has 2 aliphatic heterocycles. The van der Waals surface area contributed by atoms with E-state index in [1.165, 1.54) is 88.6 Å². The lowest BCUT2D eigenvalue weighted by Crippen LogP contribution is -2.37. The zero-order valence-corrected chi connectivity index (χ0v) is 55.0. The van der Waals surface area contributed by atoms with Crippen LogP contribution in [0.5, 0.6) is 0 Å². The van der Waals surface area contributed by atoms with E-state index in [-0.39, 0.29) is 18.3 Å². The van der Waals surface area contributed by atoms with Crippen molar-refractivity contribution in [3.8, 4) is 0 Å². The summed E-state index contributed by atoms with van der Waals surface area (Å²) in [6.45, 7) is 42.9. The van der Waals surface area contributed by atoms with E-state index in [1.807, 2.05) is 13.8 Å². The van der Waals surface area contributed by atoms with Crippen molar-refractivity contribution in [1.82, 2.24) is 0 Å². The van der Waals surface area contributed by atoms with Gasteiger partial charge in [0.25, 0.3) is 11.8 Å². The summed E-state index contributed by atoms with van der Waals surface area (Å²) in [6.07, 6.45) is 31.1. The summed E-state index contributed by atoms with van der Waals surface area (Å²) in [5, 5.41) is 0. The van der Waals surface area contributed by atoms with Crippen LogP contribution >= 0.6 is 11.8 Å². The number of rotatable bonds is 18. The van der Waals surface area contributed by atoms with Crippen LogP contribution in [0.4, 0.5) is 26.3 Å². The summed E-state index contributed by atoms with van der Waals surface area (Å²) in [5.41, 5.74) is -0.712. The van der Waals surface area contributed by atoms with Crippen LogP contribution in [0.3, 0.4) is 0 Å². The number of hydrogen-bond donors (Lipinski definition) is 0. The number of hydrogen-bond acceptors (Lipinski definition) is 2. The fraction of sp³-hybridized carbons (Fsp3) is 0.971. The molecule has 8 heteroatoms. The summed E-state index contributed by atoms with van der Waals surface area (Å²) in [7, 11) is 0. The zero-order valence-electron chi connectivity index (χ0n) is 54.2. The molecule has 2 unspecified atom stereocenters. The number of halogens is 6. The maximum Gasteiger partial charge on any atom is 0.253 e. The van der Waals surface area contributed by atoms with Crippen LogP contribution in [0.2, 0.25) is 0 Å². The van der Waals surface area contributed by atoms with Gasteiger partial charge < -0.3 is 4.74 Å². The van der Waals surface area contributed by atoms with Gasteiger partial charge in [0.2, 0.25) is 0 Å². The molecule has 8 fully saturated rings. The molecule has 77 heavy (non-hydrogen) atoms. The van der Waals surface area contributed by atoms with Crippen LogP contribution in [-0.2, 0) is 4.74 Å². The van der Waals surface area contributed by atoms with E-state index in [4.69, 9.17) is 4.74 Å². The van der Waals surface area contributed by atoms with Crippen molar-refractivity contribution in [3.63, 3.8) is 0 Å². The van der Waals surface area contributed by atoms with Crippen LogP contribution in [-0.4, -0.2) is 47.9 Å². The second-order valence-corrected chi connectivity index (χ2v) is 31.5. The first-order chi connectivity index (χ1) is 35.6. The lowest BCUT2D eigenvalue weighted by molar-refractivity contribution is -0.122. The van der Waals surface area contributed by atoms with E-state index in [9.17, 15) is 26.3 Å². The summed E-state index contributed by atoms with van der Waals surface area (Å²) in [5.74, 6) is 6.98. The van der Waals surface area contributed by atoms with Crippen molar-refractivity contribution < 1.29 is 31.1 Å². The van der Waals surface area contributed by atoms with Gasteiger partial charge in [0, 0.05) is 30.1 Å². The molecule has 0 aromatic rings. The zero-order chi connectivity index (χ0) is 58.8. The summed E-state index contributed by atoms with van der Waals surface area (Å²) >= 11 is 2.09. The molecule has 1 nitrogen and oxygen atoms in total. The van der Waals surface area contributed by atoms with Gasteiger partial charge in [-0.25, -0.2) is 26.3 Å². The third kappa shape index (κ3) is 37.5. The van der Waals surface area contributed by atoms with Crippen LogP contribution < -0.4 is 0 Å². The van der Waals surface area contributed by atoms with Gasteiger partial charge in [0.1, 0.15) is 11.3 Å². The molecule has 2 saturated heterocycles. The van der Waals surface area contributed by atoms with Crippen LogP contribution in [0.15, 0.2) is 12.2 Å². The predicted octanol–water partition coefficient (Wildman–Crippen LogP) is 24.0. The van der Waals surface area contributed by atoms with E-state index in [2.05, 4.69) is 128 Å². The van der Waals surface area contributed by atoms with Crippen LogP contribution in [0, 0.1) is 94.2 Å². The molecule has 0 aromatic carbocycles. The summed E-state index contributed by atoms with van der Waals surface area (Å²) in [4.78, 5) is 0. The summed E-state index contributed by atoms with van der Waals surface area (Å²) < 4.78 is 81.2. The second kappa shape index (κ2) is 37.0. The monoisotopic (exact) mass is 1120 g/mol. The molecule has 0 aromatic heterocycles. The highest BCUT2D eigenvalue weighted by atomic mass is 32.2. The SMILES string of the molecule is CC(C)C(F)(F)C1CCC1.CC(C)CC1(C)CC1.CC(C)CC1(F)CC1.CC(C)CC1(F)CCC1.CC(C)CC1C=CCC1.CC(C)CC1CC1(F)F.CC(C)CC1CCC1.CC(C)CC1COC1.CC(C)CC1CSC1. The predicted molar refractivity (Wildman–Crippen MR) is 328 cm³/mol. The number of alkyl halides is 6. The molecule has 0 bridgehead atoms. The average molecular weight is 1120 g/mol. The lowest BCUT2D eigenvalue weighted by atomic mass is 9.77. The van der Waals surface area contributed by atoms with Gasteiger partial charge in [-0.1, -0.05) is 169 Å². The van der Waals surface area contributed by atoms with Gasteiger partial charge in [0.05, 0.1) is 13.2 Å². The Hall–Kier alpha value is -0.370. The van der Waals surface area contributed by atoms with E-state index < -0.39 is 29.1 Å². The Balaban J connectivity index is 0.000000434. The van der Waals surface area contributed by atoms with Crippen molar-refractivity contribution in [2.75, 3.05) is 24.7 Å². The minimum Gasteiger partial charge on any atom is -0.381 e. The third-order valence-electron chi connectivity index (χ3n) is 16.7. The quantitative estimate of drug-likeness (QED) is 0.0999. The highest BCUT2D eigenvalue weighted by Gasteiger charge is 2.56. The van der Waals surface area contributed by atoms with E-state index in [1.54, 1.807) is 13.8 Å². The largest absolute Gasteiger partial charge is 0.381 e. The molecular weight excluding hydrogens is 991 g/mol. The molecule has 6 saturated carbocycles. The Morgan fingerprint density at radius 2 is 0.922 bits per heavy atom. The summed E-state index contributed by atoms with van der Waals surface area (Å²) in [6, 6.07) is 0. The molecule has 0 N–H and O–H groups in total. The Morgan fingerprint density at radius 3 is 1.06 bits per heavy atom. The van der Waals surface area contributed by atoms with Gasteiger partial charge >= 0.3 is 0 Å².